The van der Waals surface area contributed by atoms with Gasteiger partial charge in [-0.2, -0.15) is 0 Å². The minimum atomic E-state index is 0.640. The molecule has 0 nitrogen and oxygen atoms in total. The quantitative estimate of drug-likeness (QED) is 0.627. The summed E-state index contributed by atoms with van der Waals surface area (Å²) < 4.78 is 0. The van der Waals surface area contributed by atoms with Gasteiger partial charge in [-0.3, -0.25) is 0 Å². The number of aryl methyl sites for hydroxylation is 2. The van der Waals surface area contributed by atoms with E-state index in [-0.39, 0.29) is 0 Å². The van der Waals surface area contributed by atoms with E-state index in [0.717, 1.165) is 6.42 Å². The lowest BCUT2D eigenvalue weighted by Gasteiger charge is -2.08. The van der Waals surface area contributed by atoms with E-state index in [1.807, 2.05) is 0 Å². The number of hydrogen-bond donors (Lipinski definition) is 0. The van der Waals surface area contributed by atoms with E-state index in [9.17, 15) is 0 Å². The Morgan fingerprint density at radius 2 is 1.71 bits per heavy atom. The van der Waals surface area contributed by atoms with Crippen molar-refractivity contribution in [1.29, 1.82) is 0 Å². The van der Waals surface area contributed by atoms with Crippen molar-refractivity contribution in [1.82, 2.24) is 0 Å². The molecule has 0 N–H and O–H groups in total. The summed E-state index contributed by atoms with van der Waals surface area (Å²) in [5.41, 5.74) is 4.19. The Labute approximate surface area is 87.7 Å². The van der Waals surface area contributed by atoms with Crippen LogP contribution in [-0.2, 0) is 6.42 Å². The van der Waals surface area contributed by atoms with Crippen molar-refractivity contribution in [2.75, 3.05) is 0 Å². The molecule has 0 fully saturated rings. The van der Waals surface area contributed by atoms with Crippen LogP contribution in [0, 0.1) is 19.8 Å². The maximum atomic E-state index is 2.28. The van der Waals surface area contributed by atoms with Crippen molar-refractivity contribution in [2.45, 2.75) is 34.1 Å². The van der Waals surface area contributed by atoms with E-state index < -0.39 is 0 Å². The molecular weight excluding hydrogens is 168 g/mol. The SMILES string of the molecule is C/C=C\C(C)Cc1cc(C)cc(C)c1. The maximum Gasteiger partial charge on any atom is -0.0218 e. The van der Waals surface area contributed by atoms with Crippen molar-refractivity contribution in [3.05, 3.63) is 47.0 Å². The Morgan fingerprint density at radius 3 is 2.21 bits per heavy atom. The molecule has 1 unspecified atom stereocenters. The summed E-state index contributed by atoms with van der Waals surface area (Å²) in [6.07, 6.45) is 5.54. The minimum absolute atomic E-state index is 0.640. The van der Waals surface area contributed by atoms with E-state index in [4.69, 9.17) is 0 Å². The highest BCUT2D eigenvalue weighted by molar-refractivity contribution is 5.29. The molecule has 0 saturated heterocycles. The first-order valence-corrected chi connectivity index (χ1v) is 5.32. The third-order valence-corrected chi connectivity index (χ3v) is 2.36. The van der Waals surface area contributed by atoms with Crippen LogP contribution in [0.3, 0.4) is 0 Å². The summed E-state index contributed by atoms with van der Waals surface area (Å²) >= 11 is 0. The van der Waals surface area contributed by atoms with Crippen LogP contribution in [0.25, 0.3) is 0 Å². The molecule has 0 aliphatic rings. The van der Waals surface area contributed by atoms with E-state index >= 15 is 0 Å². The molecule has 0 aliphatic carbocycles. The van der Waals surface area contributed by atoms with Crippen LogP contribution in [0.2, 0.25) is 0 Å². The first kappa shape index (κ1) is 11.0. The fourth-order valence-electron chi connectivity index (χ4n) is 1.96. The van der Waals surface area contributed by atoms with Crippen LogP contribution in [0.4, 0.5) is 0 Å². The number of rotatable bonds is 3. The van der Waals surface area contributed by atoms with E-state index in [0.29, 0.717) is 5.92 Å². The third-order valence-electron chi connectivity index (χ3n) is 2.36. The van der Waals surface area contributed by atoms with Gasteiger partial charge in [0, 0.05) is 0 Å². The standard InChI is InChI=1S/C14H20/c1-5-6-11(2)8-14-9-12(3)7-13(4)10-14/h5-7,9-11H,8H2,1-4H3/b6-5-. The third kappa shape index (κ3) is 3.37. The maximum absolute atomic E-state index is 2.28. The van der Waals surface area contributed by atoms with Gasteiger partial charge in [0.2, 0.25) is 0 Å². The average Bonchev–Trinajstić information content (AvgIpc) is 2.01. The first-order chi connectivity index (χ1) is 6.61. The summed E-state index contributed by atoms with van der Waals surface area (Å²) in [5.74, 6) is 0.640. The zero-order chi connectivity index (χ0) is 10.6. The molecule has 0 radical (unpaired) electrons. The predicted molar refractivity (Wildman–Crippen MR) is 63.6 cm³/mol. The van der Waals surface area contributed by atoms with E-state index in [1.165, 1.54) is 16.7 Å². The lowest BCUT2D eigenvalue weighted by atomic mass is 9.98. The molecule has 1 rings (SSSR count). The van der Waals surface area contributed by atoms with Crippen LogP contribution in [0.5, 0.6) is 0 Å². The van der Waals surface area contributed by atoms with Gasteiger partial charge < -0.3 is 0 Å². The Balaban J connectivity index is 2.76. The zero-order valence-electron chi connectivity index (χ0n) is 9.67. The summed E-state index contributed by atoms with van der Waals surface area (Å²) in [4.78, 5) is 0. The fraction of sp³-hybridized carbons (Fsp3) is 0.429. The molecule has 0 spiro atoms. The minimum Gasteiger partial charge on any atom is -0.0914 e. The molecule has 0 heterocycles. The number of allylic oxidation sites excluding steroid dienone is 2. The summed E-state index contributed by atoms with van der Waals surface area (Å²) in [6, 6.07) is 6.80. The first-order valence-electron chi connectivity index (χ1n) is 5.32. The van der Waals surface area contributed by atoms with Gasteiger partial charge in [-0.15, -0.1) is 0 Å². The summed E-state index contributed by atoms with van der Waals surface area (Å²) in [6.45, 7) is 8.67. The van der Waals surface area contributed by atoms with Crippen LogP contribution in [0.1, 0.15) is 30.5 Å². The van der Waals surface area contributed by atoms with Crippen molar-refractivity contribution in [3.63, 3.8) is 0 Å². The van der Waals surface area contributed by atoms with Crippen molar-refractivity contribution in [3.8, 4) is 0 Å². The van der Waals surface area contributed by atoms with Gasteiger partial charge >= 0.3 is 0 Å². The molecule has 14 heavy (non-hydrogen) atoms. The molecule has 1 aromatic carbocycles. The molecule has 1 atom stereocenters. The normalized spacial score (nSPS) is 13.4. The zero-order valence-corrected chi connectivity index (χ0v) is 9.67. The lowest BCUT2D eigenvalue weighted by Crippen LogP contribution is -1.96. The molecule has 0 aromatic heterocycles. The molecule has 1 aromatic rings. The van der Waals surface area contributed by atoms with E-state index in [2.05, 4.69) is 58.0 Å². The lowest BCUT2D eigenvalue weighted by molar-refractivity contribution is 0.721. The molecular formula is C14H20. The van der Waals surface area contributed by atoms with Crippen LogP contribution >= 0.6 is 0 Å². The molecule has 0 amide bonds. The average molecular weight is 188 g/mol. The van der Waals surface area contributed by atoms with Gasteiger partial charge in [0.15, 0.2) is 0 Å². The molecule has 0 aliphatic heterocycles. The van der Waals surface area contributed by atoms with Gasteiger partial charge in [0.25, 0.3) is 0 Å². The second-order valence-electron chi connectivity index (χ2n) is 4.20. The highest BCUT2D eigenvalue weighted by atomic mass is 14.1. The molecule has 0 bridgehead atoms. The topological polar surface area (TPSA) is 0 Å². The fourth-order valence-corrected chi connectivity index (χ4v) is 1.96. The molecule has 0 saturated carbocycles. The second-order valence-corrected chi connectivity index (χ2v) is 4.20. The van der Waals surface area contributed by atoms with Gasteiger partial charge in [-0.1, -0.05) is 48.4 Å². The van der Waals surface area contributed by atoms with Crippen molar-refractivity contribution < 1.29 is 0 Å². The Hall–Kier alpha value is -1.04. The van der Waals surface area contributed by atoms with Crippen LogP contribution < -0.4 is 0 Å². The Kier molecular flexibility index (Phi) is 3.94. The molecule has 0 heteroatoms. The monoisotopic (exact) mass is 188 g/mol. The van der Waals surface area contributed by atoms with Crippen molar-refractivity contribution >= 4 is 0 Å². The second kappa shape index (κ2) is 4.99. The molecule has 76 valence electrons. The van der Waals surface area contributed by atoms with Crippen LogP contribution in [-0.4, -0.2) is 0 Å². The smallest absolute Gasteiger partial charge is 0.0218 e. The highest BCUT2D eigenvalue weighted by Crippen LogP contribution is 2.14. The Bertz CT molecular complexity index is 301. The van der Waals surface area contributed by atoms with Crippen LogP contribution in [0.15, 0.2) is 30.4 Å². The largest absolute Gasteiger partial charge is 0.0914 e. The highest BCUT2D eigenvalue weighted by Gasteiger charge is 2.00. The predicted octanol–water partition coefficient (Wildman–Crippen LogP) is 4.06. The van der Waals surface area contributed by atoms with Gasteiger partial charge in [0.05, 0.1) is 0 Å². The summed E-state index contributed by atoms with van der Waals surface area (Å²) in [7, 11) is 0. The van der Waals surface area contributed by atoms with Crippen molar-refractivity contribution in [2.24, 2.45) is 5.92 Å². The van der Waals surface area contributed by atoms with E-state index in [1.54, 1.807) is 0 Å². The van der Waals surface area contributed by atoms with Gasteiger partial charge in [-0.05, 0) is 38.7 Å². The Morgan fingerprint density at radius 1 is 1.14 bits per heavy atom. The summed E-state index contributed by atoms with van der Waals surface area (Å²) in [5, 5.41) is 0. The number of hydrogen-bond acceptors (Lipinski definition) is 0. The number of benzene rings is 1. The van der Waals surface area contributed by atoms with Gasteiger partial charge in [0.1, 0.15) is 0 Å². The van der Waals surface area contributed by atoms with Gasteiger partial charge in [-0.25, -0.2) is 0 Å².